The summed E-state index contributed by atoms with van der Waals surface area (Å²) in [4.78, 5) is 24.3. The first kappa shape index (κ1) is 20.0. The summed E-state index contributed by atoms with van der Waals surface area (Å²) in [6.45, 7) is 11.5. The van der Waals surface area contributed by atoms with E-state index in [-0.39, 0.29) is 0 Å². The van der Waals surface area contributed by atoms with Gasteiger partial charge in [0, 0.05) is 5.41 Å². The van der Waals surface area contributed by atoms with Gasteiger partial charge in [0.2, 0.25) is 0 Å². The third kappa shape index (κ3) is 2.98. The van der Waals surface area contributed by atoms with Gasteiger partial charge in [0.1, 0.15) is 0 Å². The van der Waals surface area contributed by atoms with Crippen molar-refractivity contribution < 1.29 is 19.8 Å². The highest BCUT2D eigenvalue weighted by Gasteiger charge is 2.61. The van der Waals surface area contributed by atoms with Crippen LogP contribution in [0.25, 0.3) is 10.8 Å². The second kappa shape index (κ2) is 6.42. The minimum atomic E-state index is -1.57. The third-order valence-corrected chi connectivity index (χ3v) is 5.50. The second-order valence-corrected chi connectivity index (χ2v) is 8.98. The Morgan fingerprint density at radius 3 is 1.65 bits per heavy atom. The first-order chi connectivity index (χ1) is 11.8. The van der Waals surface area contributed by atoms with Crippen LogP contribution >= 0.6 is 0 Å². The highest BCUT2D eigenvalue weighted by molar-refractivity contribution is 5.96. The molecule has 0 heterocycles. The van der Waals surface area contributed by atoms with Gasteiger partial charge >= 0.3 is 11.9 Å². The number of rotatable bonds is 4. The van der Waals surface area contributed by atoms with Gasteiger partial charge in [-0.2, -0.15) is 0 Å². The Balaban J connectivity index is 2.98. The van der Waals surface area contributed by atoms with Gasteiger partial charge in [0.05, 0.1) is 0 Å². The number of aliphatic carboxylic acids is 2. The molecule has 2 aromatic carbocycles. The molecule has 0 amide bonds. The summed E-state index contributed by atoms with van der Waals surface area (Å²) in [7, 11) is 0. The molecule has 0 saturated carbocycles. The van der Waals surface area contributed by atoms with Crippen LogP contribution in [-0.2, 0) is 15.0 Å². The first-order valence-corrected chi connectivity index (χ1v) is 8.79. The molecule has 0 unspecified atom stereocenters. The molecule has 140 valence electrons. The summed E-state index contributed by atoms with van der Waals surface area (Å²) in [5.74, 6) is -4.19. The SMILES string of the molecule is CC(C)(C)C(c1ccc2ccccc2c1)(C(C(=O)O)C(=O)O)C(C)(C)C. The lowest BCUT2D eigenvalue weighted by Gasteiger charge is -2.56. The highest BCUT2D eigenvalue weighted by Crippen LogP contribution is 2.58. The maximum atomic E-state index is 12.1. The van der Waals surface area contributed by atoms with Crippen LogP contribution in [0.5, 0.6) is 0 Å². The Hall–Kier alpha value is -2.36. The standard InChI is InChI=1S/C22H28O4/c1-20(2,3)22(21(4,5)6,17(18(23)24)19(25)26)16-12-11-14-9-7-8-10-15(14)13-16/h7-13,17H,1-6H3,(H,23,24)(H,25,26). The van der Waals surface area contributed by atoms with E-state index in [2.05, 4.69) is 0 Å². The van der Waals surface area contributed by atoms with E-state index in [1.54, 1.807) is 0 Å². The fraction of sp³-hybridized carbons (Fsp3) is 0.455. The summed E-state index contributed by atoms with van der Waals surface area (Å²) >= 11 is 0. The van der Waals surface area contributed by atoms with E-state index in [4.69, 9.17) is 0 Å². The van der Waals surface area contributed by atoms with E-state index < -0.39 is 34.1 Å². The zero-order valence-corrected chi connectivity index (χ0v) is 16.3. The topological polar surface area (TPSA) is 74.6 Å². The molecule has 0 aliphatic rings. The smallest absolute Gasteiger partial charge is 0.318 e. The maximum absolute atomic E-state index is 12.1. The molecule has 4 nitrogen and oxygen atoms in total. The fourth-order valence-corrected chi connectivity index (χ4v) is 4.93. The molecule has 4 heteroatoms. The van der Waals surface area contributed by atoms with E-state index in [9.17, 15) is 19.8 Å². The van der Waals surface area contributed by atoms with Crippen LogP contribution in [0, 0.1) is 16.7 Å². The van der Waals surface area contributed by atoms with Crippen molar-refractivity contribution >= 4 is 22.7 Å². The van der Waals surface area contributed by atoms with Gasteiger partial charge in [0.25, 0.3) is 0 Å². The quantitative estimate of drug-likeness (QED) is 0.760. The van der Waals surface area contributed by atoms with Gasteiger partial charge < -0.3 is 10.2 Å². The van der Waals surface area contributed by atoms with E-state index in [0.717, 1.165) is 16.3 Å². The Morgan fingerprint density at radius 1 is 0.769 bits per heavy atom. The normalized spacial score (nSPS) is 13.2. The molecule has 2 rings (SSSR count). The molecule has 0 bridgehead atoms. The van der Waals surface area contributed by atoms with Crippen molar-refractivity contribution in [2.24, 2.45) is 16.7 Å². The number of carbonyl (C=O) groups is 2. The van der Waals surface area contributed by atoms with Crippen LogP contribution in [0.4, 0.5) is 0 Å². The number of hydrogen-bond donors (Lipinski definition) is 2. The number of carboxylic acids is 2. The van der Waals surface area contributed by atoms with Gasteiger partial charge in [-0.15, -0.1) is 0 Å². The molecule has 2 N–H and O–H groups in total. The lowest BCUT2D eigenvalue weighted by atomic mass is 9.46. The number of hydrogen-bond acceptors (Lipinski definition) is 2. The summed E-state index contributed by atoms with van der Waals surface area (Å²) in [6, 6.07) is 13.6. The average molecular weight is 356 g/mol. The lowest BCUT2D eigenvalue weighted by Crippen LogP contribution is -2.59. The van der Waals surface area contributed by atoms with Crippen LogP contribution < -0.4 is 0 Å². The molecule has 0 radical (unpaired) electrons. The first-order valence-electron chi connectivity index (χ1n) is 8.79. The van der Waals surface area contributed by atoms with Crippen LogP contribution in [0.2, 0.25) is 0 Å². The largest absolute Gasteiger partial charge is 0.481 e. The molecule has 0 aliphatic carbocycles. The fourth-order valence-electron chi connectivity index (χ4n) is 4.93. The summed E-state index contributed by atoms with van der Waals surface area (Å²) in [5.41, 5.74) is -1.61. The van der Waals surface area contributed by atoms with Crippen molar-refractivity contribution in [1.29, 1.82) is 0 Å². The maximum Gasteiger partial charge on any atom is 0.318 e. The average Bonchev–Trinajstić information content (AvgIpc) is 2.48. The molecular formula is C22H28O4. The lowest BCUT2D eigenvalue weighted by molar-refractivity contribution is -0.167. The second-order valence-electron chi connectivity index (χ2n) is 8.98. The summed E-state index contributed by atoms with van der Waals surface area (Å²) in [5, 5.41) is 21.8. The molecule has 26 heavy (non-hydrogen) atoms. The Labute approximate surface area is 154 Å². The zero-order valence-electron chi connectivity index (χ0n) is 16.3. The van der Waals surface area contributed by atoms with Crippen LogP contribution in [0.15, 0.2) is 42.5 Å². The predicted molar refractivity (Wildman–Crippen MR) is 103 cm³/mol. The summed E-state index contributed by atoms with van der Waals surface area (Å²) in [6.07, 6.45) is 0. The minimum absolute atomic E-state index is 0.616. The zero-order chi connectivity index (χ0) is 19.9. The van der Waals surface area contributed by atoms with E-state index in [1.807, 2.05) is 84.0 Å². The highest BCUT2D eigenvalue weighted by atomic mass is 16.4. The Kier molecular flexibility index (Phi) is 4.93. The molecule has 2 aromatic rings. The van der Waals surface area contributed by atoms with Crippen molar-refractivity contribution in [3.05, 3.63) is 48.0 Å². The minimum Gasteiger partial charge on any atom is -0.481 e. The van der Waals surface area contributed by atoms with Gasteiger partial charge in [-0.3, -0.25) is 9.59 Å². The Morgan fingerprint density at radius 2 is 1.23 bits per heavy atom. The van der Waals surface area contributed by atoms with Gasteiger partial charge in [-0.25, -0.2) is 0 Å². The number of carboxylic acid groups (broad SMARTS) is 2. The van der Waals surface area contributed by atoms with Crippen LogP contribution in [-0.4, -0.2) is 22.2 Å². The molecule has 0 spiro atoms. The molecular weight excluding hydrogens is 328 g/mol. The van der Waals surface area contributed by atoms with Crippen molar-refractivity contribution in [2.45, 2.75) is 47.0 Å². The molecule has 0 aromatic heterocycles. The van der Waals surface area contributed by atoms with E-state index in [1.165, 1.54) is 0 Å². The third-order valence-electron chi connectivity index (χ3n) is 5.50. The van der Waals surface area contributed by atoms with Gasteiger partial charge in [-0.1, -0.05) is 84.0 Å². The molecule has 0 aliphatic heterocycles. The number of fused-ring (bicyclic) bond motifs is 1. The molecule has 0 fully saturated rings. The molecule has 0 saturated heterocycles. The van der Waals surface area contributed by atoms with E-state index >= 15 is 0 Å². The predicted octanol–water partition coefficient (Wildman–Crippen LogP) is 4.96. The Bertz CT molecular complexity index is 809. The molecule has 0 atom stereocenters. The monoisotopic (exact) mass is 356 g/mol. The van der Waals surface area contributed by atoms with Crippen molar-refractivity contribution in [1.82, 2.24) is 0 Å². The van der Waals surface area contributed by atoms with E-state index in [0.29, 0.717) is 0 Å². The van der Waals surface area contributed by atoms with Gasteiger partial charge in [0.15, 0.2) is 5.92 Å². The van der Waals surface area contributed by atoms with Gasteiger partial charge in [-0.05, 0) is 27.2 Å². The van der Waals surface area contributed by atoms with Crippen LogP contribution in [0.3, 0.4) is 0 Å². The summed E-state index contributed by atoms with van der Waals surface area (Å²) < 4.78 is 0. The van der Waals surface area contributed by atoms with Crippen molar-refractivity contribution in [3.8, 4) is 0 Å². The number of benzene rings is 2. The van der Waals surface area contributed by atoms with Crippen LogP contribution in [0.1, 0.15) is 47.1 Å². The van der Waals surface area contributed by atoms with Crippen molar-refractivity contribution in [2.75, 3.05) is 0 Å². The van der Waals surface area contributed by atoms with Crippen molar-refractivity contribution in [3.63, 3.8) is 0 Å².